The van der Waals surface area contributed by atoms with Gasteiger partial charge in [-0.1, -0.05) is 0 Å². The van der Waals surface area contributed by atoms with Gasteiger partial charge in [-0.25, -0.2) is 0 Å². The van der Waals surface area contributed by atoms with E-state index in [9.17, 15) is 4.79 Å². The van der Waals surface area contributed by atoms with E-state index in [0.717, 1.165) is 19.5 Å². The van der Waals surface area contributed by atoms with Crippen LogP contribution in [0.25, 0.3) is 0 Å². The minimum absolute atomic E-state index is 0.130. The van der Waals surface area contributed by atoms with Gasteiger partial charge < -0.3 is 10.6 Å². The van der Waals surface area contributed by atoms with E-state index in [1.54, 1.807) is 7.05 Å². The summed E-state index contributed by atoms with van der Waals surface area (Å²) in [6, 6.07) is 0. The standard InChI is InChI=1S/C9H20N2OS/c1-10-9(12)5-3-6-11-7-4-8-13-2/h11H,3-8H2,1-2H3,(H,10,12). The summed E-state index contributed by atoms with van der Waals surface area (Å²) in [5.74, 6) is 1.34. The summed E-state index contributed by atoms with van der Waals surface area (Å²) in [5, 5.41) is 5.91. The monoisotopic (exact) mass is 204 g/mol. The topological polar surface area (TPSA) is 41.1 Å². The summed E-state index contributed by atoms with van der Waals surface area (Å²) in [6.45, 7) is 2.01. The zero-order valence-corrected chi connectivity index (χ0v) is 9.38. The molecule has 0 aliphatic carbocycles. The fraction of sp³-hybridized carbons (Fsp3) is 0.889. The van der Waals surface area contributed by atoms with Crippen LogP contribution in [0, 0.1) is 0 Å². The van der Waals surface area contributed by atoms with E-state index in [1.807, 2.05) is 11.8 Å². The van der Waals surface area contributed by atoms with Crippen molar-refractivity contribution in [3.8, 4) is 0 Å². The van der Waals surface area contributed by atoms with Gasteiger partial charge >= 0.3 is 0 Å². The van der Waals surface area contributed by atoms with Gasteiger partial charge in [0.05, 0.1) is 0 Å². The van der Waals surface area contributed by atoms with Crippen LogP contribution in [0.2, 0.25) is 0 Å². The Kier molecular flexibility index (Phi) is 9.70. The molecule has 0 bridgehead atoms. The van der Waals surface area contributed by atoms with Gasteiger partial charge in [0.1, 0.15) is 0 Å². The van der Waals surface area contributed by atoms with Crippen molar-refractivity contribution >= 4 is 17.7 Å². The van der Waals surface area contributed by atoms with Crippen LogP contribution in [0.15, 0.2) is 0 Å². The highest BCUT2D eigenvalue weighted by Crippen LogP contribution is 1.93. The van der Waals surface area contributed by atoms with Crippen LogP contribution in [-0.2, 0) is 4.79 Å². The number of carbonyl (C=O) groups is 1. The molecule has 0 saturated heterocycles. The van der Waals surface area contributed by atoms with Crippen molar-refractivity contribution in [2.45, 2.75) is 19.3 Å². The zero-order chi connectivity index (χ0) is 9.94. The van der Waals surface area contributed by atoms with Gasteiger partial charge in [0.25, 0.3) is 0 Å². The molecule has 4 heteroatoms. The summed E-state index contributed by atoms with van der Waals surface area (Å²) in [4.78, 5) is 10.8. The largest absolute Gasteiger partial charge is 0.359 e. The van der Waals surface area contributed by atoms with Gasteiger partial charge in [0.15, 0.2) is 0 Å². The Morgan fingerprint density at radius 3 is 2.62 bits per heavy atom. The number of thioether (sulfide) groups is 1. The molecule has 0 saturated carbocycles. The Hall–Kier alpha value is -0.220. The summed E-state index contributed by atoms with van der Waals surface area (Å²) < 4.78 is 0. The third-order valence-electron chi connectivity index (χ3n) is 1.74. The molecular weight excluding hydrogens is 184 g/mol. The minimum Gasteiger partial charge on any atom is -0.359 e. The van der Waals surface area contributed by atoms with Gasteiger partial charge in [-0.2, -0.15) is 11.8 Å². The summed E-state index contributed by atoms with van der Waals surface area (Å²) in [7, 11) is 1.67. The predicted molar refractivity (Wildman–Crippen MR) is 59.2 cm³/mol. The average Bonchev–Trinajstić information content (AvgIpc) is 2.16. The second-order valence-electron chi connectivity index (χ2n) is 2.87. The van der Waals surface area contributed by atoms with Crippen molar-refractivity contribution in [1.29, 1.82) is 0 Å². The van der Waals surface area contributed by atoms with Gasteiger partial charge in [-0.3, -0.25) is 4.79 Å². The van der Waals surface area contributed by atoms with E-state index in [4.69, 9.17) is 0 Å². The molecular formula is C9H20N2OS. The third kappa shape index (κ3) is 9.70. The average molecular weight is 204 g/mol. The van der Waals surface area contributed by atoms with Crippen LogP contribution in [0.4, 0.5) is 0 Å². The lowest BCUT2D eigenvalue weighted by molar-refractivity contribution is -0.120. The van der Waals surface area contributed by atoms with Crippen LogP contribution in [0.1, 0.15) is 19.3 Å². The van der Waals surface area contributed by atoms with Crippen molar-refractivity contribution in [2.24, 2.45) is 0 Å². The SMILES string of the molecule is CNC(=O)CCCNCCCSC. The number of hydrogen-bond acceptors (Lipinski definition) is 3. The number of nitrogens with one attached hydrogen (secondary N) is 2. The van der Waals surface area contributed by atoms with Crippen molar-refractivity contribution < 1.29 is 4.79 Å². The molecule has 2 N–H and O–H groups in total. The van der Waals surface area contributed by atoms with E-state index in [1.165, 1.54) is 12.2 Å². The van der Waals surface area contributed by atoms with E-state index >= 15 is 0 Å². The summed E-state index contributed by atoms with van der Waals surface area (Å²) in [5.41, 5.74) is 0. The molecule has 0 aromatic rings. The van der Waals surface area contributed by atoms with Crippen molar-refractivity contribution in [1.82, 2.24) is 10.6 Å². The van der Waals surface area contributed by atoms with Crippen molar-refractivity contribution in [3.63, 3.8) is 0 Å². The lowest BCUT2D eigenvalue weighted by atomic mass is 10.3. The maximum absolute atomic E-state index is 10.8. The Balaban J connectivity index is 2.95. The molecule has 1 amide bonds. The maximum Gasteiger partial charge on any atom is 0.219 e. The highest BCUT2D eigenvalue weighted by atomic mass is 32.2. The first-order valence-electron chi connectivity index (χ1n) is 4.71. The van der Waals surface area contributed by atoms with Gasteiger partial charge in [0, 0.05) is 13.5 Å². The van der Waals surface area contributed by atoms with Gasteiger partial charge in [-0.05, 0) is 37.9 Å². The zero-order valence-electron chi connectivity index (χ0n) is 8.56. The first-order chi connectivity index (χ1) is 6.31. The molecule has 13 heavy (non-hydrogen) atoms. The molecule has 0 radical (unpaired) electrons. The molecule has 3 nitrogen and oxygen atoms in total. The molecule has 0 unspecified atom stereocenters. The molecule has 0 fully saturated rings. The van der Waals surface area contributed by atoms with Crippen LogP contribution < -0.4 is 10.6 Å². The fourth-order valence-electron chi connectivity index (χ4n) is 0.965. The quantitative estimate of drug-likeness (QED) is 0.576. The van der Waals surface area contributed by atoms with Crippen LogP contribution in [0.3, 0.4) is 0 Å². The van der Waals surface area contributed by atoms with Crippen LogP contribution >= 0.6 is 11.8 Å². The predicted octanol–water partition coefficient (Wildman–Crippen LogP) is 0.855. The fourth-order valence-corrected chi connectivity index (χ4v) is 1.40. The Morgan fingerprint density at radius 2 is 2.00 bits per heavy atom. The Labute approximate surface area is 85.0 Å². The summed E-state index contributed by atoms with van der Waals surface area (Å²) in [6.07, 6.45) is 4.89. The van der Waals surface area contributed by atoms with Crippen molar-refractivity contribution in [3.05, 3.63) is 0 Å². The second kappa shape index (κ2) is 9.86. The summed E-state index contributed by atoms with van der Waals surface area (Å²) >= 11 is 1.87. The lowest BCUT2D eigenvalue weighted by Crippen LogP contribution is -2.21. The van der Waals surface area contributed by atoms with E-state index < -0.39 is 0 Å². The van der Waals surface area contributed by atoms with Gasteiger partial charge in [-0.15, -0.1) is 0 Å². The normalized spacial score (nSPS) is 10.0. The second-order valence-corrected chi connectivity index (χ2v) is 3.86. The number of hydrogen-bond donors (Lipinski definition) is 2. The van der Waals surface area contributed by atoms with E-state index in [0.29, 0.717) is 6.42 Å². The lowest BCUT2D eigenvalue weighted by Gasteiger charge is -2.03. The van der Waals surface area contributed by atoms with Gasteiger partial charge in [0.2, 0.25) is 5.91 Å². The molecule has 0 aliphatic rings. The molecule has 78 valence electrons. The molecule has 0 rings (SSSR count). The van der Waals surface area contributed by atoms with E-state index in [-0.39, 0.29) is 5.91 Å². The molecule has 0 heterocycles. The van der Waals surface area contributed by atoms with E-state index in [2.05, 4.69) is 16.9 Å². The maximum atomic E-state index is 10.8. The molecule has 0 atom stereocenters. The van der Waals surface area contributed by atoms with Crippen molar-refractivity contribution in [2.75, 3.05) is 32.1 Å². The number of rotatable bonds is 8. The smallest absolute Gasteiger partial charge is 0.219 e. The first kappa shape index (κ1) is 12.8. The first-order valence-corrected chi connectivity index (χ1v) is 6.11. The van der Waals surface area contributed by atoms with Crippen LogP contribution in [0.5, 0.6) is 0 Å². The number of carbonyl (C=O) groups excluding carboxylic acids is 1. The highest BCUT2D eigenvalue weighted by molar-refractivity contribution is 7.98. The Morgan fingerprint density at radius 1 is 1.31 bits per heavy atom. The molecule has 0 aliphatic heterocycles. The minimum atomic E-state index is 0.130. The molecule has 0 aromatic carbocycles. The molecule has 0 spiro atoms. The number of amides is 1. The third-order valence-corrected chi connectivity index (χ3v) is 2.44. The van der Waals surface area contributed by atoms with Crippen LogP contribution in [-0.4, -0.2) is 38.1 Å². The highest BCUT2D eigenvalue weighted by Gasteiger charge is 1.95. The molecule has 0 aromatic heterocycles. The Bertz CT molecular complexity index is 131.